The first-order valence-electron chi connectivity index (χ1n) is 11.5. The summed E-state index contributed by atoms with van der Waals surface area (Å²) in [6.45, 7) is 7.35. The van der Waals surface area contributed by atoms with Crippen molar-refractivity contribution in [2.45, 2.75) is 52.2 Å². The lowest BCUT2D eigenvalue weighted by molar-refractivity contribution is -0.156. The highest BCUT2D eigenvalue weighted by Gasteiger charge is 2.59. The van der Waals surface area contributed by atoms with E-state index < -0.39 is 35.8 Å². The van der Waals surface area contributed by atoms with Crippen LogP contribution in [0.1, 0.15) is 45.7 Å². The quantitative estimate of drug-likeness (QED) is 0.476. The molecule has 2 amide bonds. The zero-order chi connectivity index (χ0) is 23.4. The lowest BCUT2D eigenvalue weighted by Gasteiger charge is -2.34. The van der Waals surface area contributed by atoms with Crippen molar-refractivity contribution in [3.63, 3.8) is 0 Å². The molecule has 3 rings (SSSR count). The van der Waals surface area contributed by atoms with Crippen LogP contribution >= 0.6 is 0 Å². The normalized spacial score (nSPS) is 27.9. The molecule has 1 aromatic rings. The van der Waals surface area contributed by atoms with Gasteiger partial charge in [-0.25, -0.2) is 0 Å². The van der Waals surface area contributed by atoms with Crippen LogP contribution in [-0.4, -0.2) is 53.1 Å². The van der Waals surface area contributed by atoms with E-state index >= 15 is 0 Å². The van der Waals surface area contributed by atoms with Crippen molar-refractivity contribution in [3.05, 3.63) is 48.0 Å². The Kier molecular flexibility index (Phi) is 7.72. The van der Waals surface area contributed by atoms with Crippen molar-refractivity contribution in [1.82, 2.24) is 10.2 Å². The Hall–Kier alpha value is -2.67. The summed E-state index contributed by atoms with van der Waals surface area (Å²) in [7, 11) is 0. The molecule has 6 atom stereocenters. The average Bonchev–Trinajstić information content (AvgIpc) is 3.06. The molecule has 174 valence electrons. The Balaban J connectivity index is 2.10. The van der Waals surface area contributed by atoms with Crippen LogP contribution < -0.4 is 5.32 Å². The van der Waals surface area contributed by atoms with Gasteiger partial charge in [-0.1, -0.05) is 49.4 Å². The summed E-state index contributed by atoms with van der Waals surface area (Å²) < 4.78 is 5.34. The first-order chi connectivity index (χ1) is 15.3. The Bertz CT molecular complexity index is 853. The molecule has 0 radical (unpaired) electrons. The van der Waals surface area contributed by atoms with E-state index in [2.05, 4.69) is 5.32 Å². The van der Waals surface area contributed by atoms with Crippen LogP contribution in [-0.2, 0) is 19.1 Å². The molecule has 2 N–H and O–H groups in total. The zero-order valence-corrected chi connectivity index (χ0v) is 19.2. The fourth-order valence-electron chi connectivity index (χ4n) is 5.13. The number of aliphatic hydroxyl groups is 1. The van der Waals surface area contributed by atoms with Crippen LogP contribution in [0.4, 0.5) is 0 Å². The van der Waals surface area contributed by atoms with Gasteiger partial charge < -0.3 is 20.1 Å². The summed E-state index contributed by atoms with van der Waals surface area (Å²) >= 11 is 0. The second-order valence-corrected chi connectivity index (χ2v) is 8.80. The third kappa shape index (κ3) is 4.44. The van der Waals surface area contributed by atoms with Crippen LogP contribution in [0.3, 0.4) is 0 Å². The maximum atomic E-state index is 13.9. The first kappa shape index (κ1) is 24.0. The molecule has 1 aliphatic carbocycles. The van der Waals surface area contributed by atoms with Crippen molar-refractivity contribution >= 4 is 17.8 Å². The summed E-state index contributed by atoms with van der Waals surface area (Å²) in [5, 5.41) is 13.2. The van der Waals surface area contributed by atoms with Gasteiger partial charge in [0.2, 0.25) is 11.8 Å². The number of allylic oxidation sites excluding steroid dienone is 1. The second-order valence-electron chi connectivity index (χ2n) is 8.80. The molecule has 2 aliphatic rings. The van der Waals surface area contributed by atoms with Crippen LogP contribution in [0.15, 0.2) is 42.5 Å². The Morgan fingerprint density at radius 2 is 1.84 bits per heavy atom. The molecular formula is C25H34N2O5. The predicted molar refractivity (Wildman–Crippen MR) is 120 cm³/mol. The van der Waals surface area contributed by atoms with E-state index in [1.54, 1.807) is 6.92 Å². The molecule has 0 saturated carbocycles. The second kappa shape index (κ2) is 10.3. The van der Waals surface area contributed by atoms with Crippen LogP contribution in [0.25, 0.3) is 0 Å². The Labute approximate surface area is 189 Å². The van der Waals surface area contributed by atoms with Gasteiger partial charge in [0, 0.05) is 12.0 Å². The molecular weight excluding hydrogens is 408 g/mol. The van der Waals surface area contributed by atoms with Gasteiger partial charge in [0.1, 0.15) is 6.04 Å². The third-order valence-corrected chi connectivity index (χ3v) is 6.47. The van der Waals surface area contributed by atoms with Gasteiger partial charge in [0.05, 0.1) is 31.1 Å². The number of amides is 2. The van der Waals surface area contributed by atoms with E-state index in [0.717, 1.165) is 5.56 Å². The fraction of sp³-hybridized carbons (Fsp3) is 0.560. The largest absolute Gasteiger partial charge is 0.466 e. The maximum absolute atomic E-state index is 13.9. The molecule has 1 fully saturated rings. The van der Waals surface area contributed by atoms with Gasteiger partial charge in [-0.3, -0.25) is 14.4 Å². The minimum absolute atomic E-state index is 0.111. The molecule has 1 heterocycles. The van der Waals surface area contributed by atoms with Gasteiger partial charge in [0.25, 0.3) is 0 Å². The summed E-state index contributed by atoms with van der Waals surface area (Å²) in [6, 6.07) is 7.58. The van der Waals surface area contributed by atoms with E-state index in [-0.39, 0.29) is 37.0 Å². The van der Waals surface area contributed by atoms with E-state index in [9.17, 15) is 19.5 Å². The third-order valence-electron chi connectivity index (χ3n) is 6.47. The standard InChI is InChI=1S/C25H34N2O5/c1-5-16-12-13-18-21(20(16)25(31)32-6-2)24(30)27(22(18)23(29)26-15(3)4)19(14-28)17-10-8-7-9-11-17/h7-13,15-16,18-22,28H,5-6,14H2,1-4H3,(H,26,29)/t16-,18+,19-,20-,21-,22+/m1/s1. The number of likely N-dealkylation sites (tertiary alicyclic amines) is 1. The number of benzene rings is 1. The lowest BCUT2D eigenvalue weighted by atomic mass is 9.69. The van der Waals surface area contributed by atoms with Crippen LogP contribution in [0.5, 0.6) is 0 Å². The van der Waals surface area contributed by atoms with Crippen LogP contribution in [0, 0.1) is 23.7 Å². The number of nitrogens with one attached hydrogen (secondary N) is 1. The number of ether oxygens (including phenoxy) is 1. The molecule has 7 heteroatoms. The van der Waals surface area contributed by atoms with Crippen molar-refractivity contribution in [3.8, 4) is 0 Å². The van der Waals surface area contributed by atoms with Gasteiger partial charge >= 0.3 is 5.97 Å². The predicted octanol–water partition coefficient (Wildman–Crippen LogP) is 2.46. The molecule has 1 aromatic carbocycles. The number of hydrogen-bond acceptors (Lipinski definition) is 5. The first-order valence-corrected chi connectivity index (χ1v) is 11.5. The molecule has 1 saturated heterocycles. The van der Waals surface area contributed by atoms with E-state index in [0.29, 0.717) is 6.42 Å². The molecule has 0 bridgehead atoms. The highest BCUT2D eigenvalue weighted by atomic mass is 16.5. The summed E-state index contributed by atoms with van der Waals surface area (Å²) in [5.41, 5.74) is 0.744. The number of fused-ring (bicyclic) bond motifs is 1. The molecule has 32 heavy (non-hydrogen) atoms. The van der Waals surface area contributed by atoms with E-state index in [1.807, 2.05) is 63.3 Å². The number of nitrogens with zero attached hydrogens (tertiary/aromatic N) is 1. The monoisotopic (exact) mass is 442 g/mol. The molecule has 7 nitrogen and oxygen atoms in total. The summed E-state index contributed by atoms with van der Waals surface area (Å²) in [5.74, 6) is -2.95. The Morgan fingerprint density at radius 1 is 1.16 bits per heavy atom. The van der Waals surface area contributed by atoms with Gasteiger partial charge in [-0.15, -0.1) is 0 Å². The topological polar surface area (TPSA) is 95.9 Å². The number of hydrogen-bond donors (Lipinski definition) is 2. The number of rotatable bonds is 8. The van der Waals surface area contributed by atoms with Gasteiger partial charge in [0.15, 0.2) is 0 Å². The summed E-state index contributed by atoms with van der Waals surface area (Å²) in [4.78, 5) is 41.7. The molecule has 0 aromatic heterocycles. The number of carbonyl (C=O) groups excluding carboxylic acids is 3. The van der Waals surface area contributed by atoms with Crippen molar-refractivity contribution < 1.29 is 24.2 Å². The van der Waals surface area contributed by atoms with Crippen molar-refractivity contribution in [2.24, 2.45) is 23.7 Å². The Morgan fingerprint density at radius 3 is 2.41 bits per heavy atom. The average molecular weight is 443 g/mol. The van der Waals surface area contributed by atoms with Crippen molar-refractivity contribution in [1.29, 1.82) is 0 Å². The van der Waals surface area contributed by atoms with Crippen LogP contribution in [0.2, 0.25) is 0 Å². The number of carbonyl (C=O) groups is 3. The smallest absolute Gasteiger partial charge is 0.310 e. The van der Waals surface area contributed by atoms with Crippen molar-refractivity contribution in [2.75, 3.05) is 13.2 Å². The van der Waals surface area contributed by atoms with E-state index in [4.69, 9.17) is 4.74 Å². The minimum Gasteiger partial charge on any atom is -0.466 e. The lowest BCUT2D eigenvalue weighted by Crippen LogP contribution is -2.50. The highest BCUT2D eigenvalue weighted by Crippen LogP contribution is 2.47. The van der Waals surface area contributed by atoms with E-state index in [1.165, 1.54) is 4.90 Å². The van der Waals surface area contributed by atoms with Gasteiger partial charge in [-0.2, -0.15) is 0 Å². The number of esters is 1. The fourth-order valence-corrected chi connectivity index (χ4v) is 5.13. The SMILES string of the molecule is CCOC(=O)[C@H]1[C@@H]2C(=O)N([C@H](CO)c3ccccc3)[C@H](C(=O)NC(C)C)[C@H]2C=C[C@H]1CC. The molecule has 0 unspecified atom stereocenters. The minimum atomic E-state index is -0.821. The number of aliphatic hydroxyl groups excluding tert-OH is 1. The van der Waals surface area contributed by atoms with Gasteiger partial charge in [-0.05, 0) is 38.7 Å². The summed E-state index contributed by atoms with van der Waals surface area (Å²) in [6.07, 6.45) is 4.55. The zero-order valence-electron chi connectivity index (χ0n) is 19.2. The molecule has 1 aliphatic heterocycles. The highest BCUT2D eigenvalue weighted by molar-refractivity contribution is 5.96. The maximum Gasteiger partial charge on any atom is 0.310 e. The molecule has 0 spiro atoms.